The largest absolute Gasteiger partial charge is 0.480 e. The summed E-state index contributed by atoms with van der Waals surface area (Å²) in [5.41, 5.74) is 9.80. The second-order valence-electron chi connectivity index (χ2n) is 6.26. The van der Waals surface area contributed by atoms with E-state index in [9.17, 15) is 4.79 Å². The van der Waals surface area contributed by atoms with Crippen molar-refractivity contribution in [1.29, 1.82) is 0 Å². The maximum Gasteiger partial charge on any atom is 0.322 e. The lowest BCUT2D eigenvalue weighted by Gasteiger charge is -2.28. The Labute approximate surface area is 132 Å². The molecule has 0 fully saturated rings. The number of carboxylic acids is 1. The van der Waals surface area contributed by atoms with Gasteiger partial charge >= 0.3 is 5.97 Å². The Hall–Kier alpha value is -1.59. The topological polar surface area (TPSA) is 84.6 Å². The summed E-state index contributed by atoms with van der Waals surface area (Å²) in [5, 5.41) is 12.2. The van der Waals surface area contributed by atoms with Gasteiger partial charge in [0, 0.05) is 18.7 Å². The van der Waals surface area contributed by atoms with Crippen molar-refractivity contribution in [3.63, 3.8) is 0 Å². The number of rotatable bonds is 8. The van der Waals surface area contributed by atoms with E-state index in [1.807, 2.05) is 13.8 Å². The van der Waals surface area contributed by atoms with Crippen LogP contribution >= 0.6 is 0 Å². The smallest absolute Gasteiger partial charge is 0.322 e. The average Bonchev–Trinajstić information content (AvgIpc) is 2.44. The number of nitrogens with one attached hydrogen (secondary N) is 1. The molecule has 22 heavy (non-hydrogen) atoms. The van der Waals surface area contributed by atoms with E-state index in [0.29, 0.717) is 6.42 Å². The minimum absolute atomic E-state index is 0.00725. The van der Waals surface area contributed by atoms with E-state index in [0.717, 1.165) is 12.2 Å². The van der Waals surface area contributed by atoms with Crippen molar-refractivity contribution in [3.05, 3.63) is 28.8 Å². The van der Waals surface area contributed by atoms with Crippen LogP contribution in [-0.2, 0) is 16.0 Å². The van der Waals surface area contributed by atoms with Gasteiger partial charge in [0.05, 0.1) is 12.2 Å². The normalized spacial score (nSPS) is 13.0. The molecule has 1 atom stereocenters. The molecule has 1 rings (SSSR count). The van der Waals surface area contributed by atoms with E-state index >= 15 is 0 Å². The van der Waals surface area contributed by atoms with Crippen LogP contribution in [0.3, 0.4) is 0 Å². The first kappa shape index (κ1) is 18.5. The van der Waals surface area contributed by atoms with Gasteiger partial charge < -0.3 is 20.9 Å². The maximum absolute atomic E-state index is 10.8. The fraction of sp³-hybridized carbons (Fsp3) is 0.588. The van der Waals surface area contributed by atoms with Crippen LogP contribution in [0.15, 0.2) is 12.1 Å². The zero-order chi connectivity index (χ0) is 16.9. The maximum atomic E-state index is 10.8. The third kappa shape index (κ3) is 5.00. The summed E-state index contributed by atoms with van der Waals surface area (Å²) in [6, 6.07) is 3.21. The van der Waals surface area contributed by atoms with Crippen molar-refractivity contribution in [1.82, 2.24) is 0 Å². The highest BCUT2D eigenvalue weighted by molar-refractivity contribution is 5.73. The van der Waals surface area contributed by atoms with Gasteiger partial charge in [0.1, 0.15) is 6.04 Å². The molecule has 0 aromatic heterocycles. The molecular formula is C17H28N2O3. The van der Waals surface area contributed by atoms with Gasteiger partial charge in [0.15, 0.2) is 0 Å². The zero-order valence-electron chi connectivity index (χ0n) is 14.2. The fourth-order valence-electron chi connectivity index (χ4n) is 2.43. The second-order valence-corrected chi connectivity index (χ2v) is 6.26. The number of benzene rings is 1. The lowest BCUT2D eigenvalue weighted by Crippen LogP contribution is -2.39. The van der Waals surface area contributed by atoms with Crippen LogP contribution in [0.5, 0.6) is 0 Å². The second kappa shape index (κ2) is 7.61. The van der Waals surface area contributed by atoms with Gasteiger partial charge in [-0.1, -0.05) is 12.1 Å². The summed E-state index contributed by atoms with van der Waals surface area (Å²) in [6.45, 7) is 11.0. The van der Waals surface area contributed by atoms with Gasteiger partial charge in [0.2, 0.25) is 0 Å². The minimum Gasteiger partial charge on any atom is -0.480 e. The summed E-state index contributed by atoms with van der Waals surface area (Å²) in [6.07, 6.45) is 0.698. The summed E-state index contributed by atoms with van der Waals surface area (Å²) >= 11 is 0. The Morgan fingerprint density at radius 1 is 1.41 bits per heavy atom. The molecule has 0 radical (unpaired) electrons. The van der Waals surface area contributed by atoms with E-state index in [1.165, 1.54) is 16.7 Å². The molecule has 1 unspecified atom stereocenters. The number of hydrogen-bond donors (Lipinski definition) is 3. The monoisotopic (exact) mass is 308 g/mol. The molecule has 5 heteroatoms. The Balaban J connectivity index is 2.84. The number of ether oxygens (including phenoxy) is 1. The zero-order valence-corrected chi connectivity index (χ0v) is 14.2. The van der Waals surface area contributed by atoms with E-state index in [1.54, 1.807) is 0 Å². The first-order valence-corrected chi connectivity index (χ1v) is 7.63. The van der Waals surface area contributed by atoms with Crippen molar-refractivity contribution < 1.29 is 14.6 Å². The van der Waals surface area contributed by atoms with E-state index in [2.05, 4.69) is 38.2 Å². The molecule has 0 bridgehead atoms. The van der Waals surface area contributed by atoms with Crippen LogP contribution in [-0.4, -0.2) is 35.9 Å². The van der Waals surface area contributed by atoms with E-state index in [4.69, 9.17) is 15.6 Å². The molecule has 124 valence electrons. The molecule has 0 aliphatic heterocycles. The van der Waals surface area contributed by atoms with Crippen molar-refractivity contribution in [2.45, 2.75) is 52.7 Å². The van der Waals surface area contributed by atoms with E-state index in [-0.39, 0.29) is 6.61 Å². The Bertz CT molecular complexity index is 527. The molecule has 1 aromatic rings. The average molecular weight is 308 g/mol. The SMILES string of the molecule is CCNc1c(C)ccc(CC(C)(C)OCC(N)C(=O)O)c1C. The number of hydrogen-bond acceptors (Lipinski definition) is 4. The van der Waals surface area contributed by atoms with Crippen LogP contribution in [0.2, 0.25) is 0 Å². The lowest BCUT2D eigenvalue weighted by molar-refractivity contribution is -0.141. The number of aryl methyl sites for hydroxylation is 1. The first-order chi connectivity index (χ1) is 10.2. The van der Waals surface area contributed by atoms with Gasteiger partial charge in [-0.3, -0.25) is 4.79 Å². The number of anilines is 1. The van der Waals surface area contributed by atoms with Crippen LogP contribution in [0.1, 0.15) is 37.5 Å². The predicted octanol–water partition coefficient (Wildman–Crippen LogP) is 2.48. The molecule has 0 aliphatic rings. The number of carbonyl (C=O) groups is 1. The molecule has 0 aliphatic carbocycles. The fourth-order valence-corrected chi connectivity index (χ4v) is 2.43. The Kier molecular flexibility index (Phi) is 6.38. The Morgan fingerprint density at radius 3 is 2.59 bits per heavy atom. The Morgan fingerprint density at radius 2 is 2.05 bits per heavy atom. The quantitative estimate of drug-likeness (QED) is 0.687. The molecule has 0 saturated heterocycles. The molecular weight excluding hydrogens is 280 g/mol. The minimum atomic E-state index is -1.04. The van der Waals surface area contributed by atoms with E-state index < -0.39 is 17.6 Å². The molecule has 0 heterocycles. The number of nitrogens with two attached hydrogens (primary N) is 1. The third-order valence-electron chi connectivity index (χ3n) is 3.73. The summed E-state index contributed by atoms with van der Waals surface area (Å²) in [7, 11) is 0. The molecule has 5 nitrogen and oxygen atoms in total. The number of carboxylic acid groups (broad SMARTS) is 1. The van der Waals surface area contributed by atoms with Gasteiger partial charge in [-0.05, 0) is 51.3 Å². The van der Waals surface area contributed by atoms with Crippen molar-refractivity contribution in [2.24, 2.45) is 5.73 Å². The van der Waals surface area contributed by atoms with Crippen LogP contribution in [0, 0.1) is 13.8 Å². The van der Waals surface area contributed by atoms with Gasteiger partial charge in [-0.15, -0.1) is 0 Å². The van der Waals surface area contributed by atoms with Crippen molar-refractivity contribution in [2.75, 3.05) is 18.5 Å². The van der Waals surface area contributed by atoms with Crippen LogP contribution in [0.25, 0.3) is 0 Å². The van der Waals surface area contributed by atoms with Crippen LogP contribution in [0.4, 0.5) is 5.69 Å². The predicted molar refractivity (Wildman–Crippen MR) is 89.4 cm³/mol. The van der Waals surface area contributed by atoms with Crippen molar-refractivity contribution in [3.8, 4) is 0 Å². The molecule has 4 N–H and O–H groups in total. The lowest BCUT2D eigenvalue weighted by atomic mass is 9.92. The third-order valence-corrected chi connectivity index (χ3v) is 3.73. The highest BCUT2D eigenvalue weighted by Gasteiger charge is 2.24. The van der Waals surface area contributed by atoms with Crippen LogP contribution < -0.4 is 11.1 Å². The van der Waals surface area contributed by atoms with Gasteiger partial charge in [0.25, 0.3) is 0 Å². The highest BCUT2D eigenvalue weighted by atomic mass is 16.5. The van der Waals surface area contributed by atoms with Gasteiger partial charge in [-0.2, -0.15) is 0 Å². The highest BCUT2D eigenvalue weighted by Crippen LogP contribution is 2.27. The first-order valence-electron chi connectivity index (χ1n) is 7.63. The molecule has 0 spiro atoms. The van der Waals surface area contributed by atoms with Crippen molar-refractivity contribution >= 4 is 11.7 Å². The summed E-state index contributed by atoms with van der Waals surface area (Å²) < 4.78 is 5.72. The standard InChI is InChI=1S/C17H28N2O3/c1-6-19-15-11(2)7-8-13(12(15)3)9-17(4,5)22-10-14(18)16(20)21/h7-8,14,19H,6,9-10,18H2,1-5H3,(H,20,21). The molecule has 1 aromatic carbocycles. The summed E-state index contributed by atoms with van der Waals surface area (Å²) in [4.78, 5) is 10.8. The molecule has 0 saturated carbocycles. The molecule has 0 amide bonds. The van der Waals surface area contributed by atoms with Gasteiger partial charge in [-0.25, -0.2) is 0 Å². The number of aliphatic carboxylic acids is 1. The summed E-state index contributed by atoms with van der Waals surface area (Å²) in [5.74, 6) is -1.04.